The van der Waals surface area contributed by atoms with E-state index >= 15 is 0 Å². The summed E-state index contributed by atoms with van der Waals surface area (Å²) >= 11 is 0. The van der Waals surface area contributed by atoms with Gasteiger partial charge < -0.3 is 10.6 Å². The quantitative estimate of drug-likeness (QED) is 0.659. The molecule has 122 valence electrons. The third-order valence-corrected chi connectivity index (χ3v) is 3.75. The number of guanidine groups is 1. The van der Waals surface area contributed by atoms with Gasteiger partial charge in [-0.25, -0.2) is 0 Å². The first-order valence-corrected chi connectivity index (χ1v) is 8.00. The van der Waals surface area contributed by atoms with Gasteiger partial charge in [0.15, 0.2) is 5.96 Å². The number of nitrogens with zero attached hydrogens (tertiary/aromatic N) is 2. The second-order valence-electron chi connectivity index (χ2n) is 5.87. The van der Waals surface area contributed by atoms with Gasteiger partial charge in [0.1, 0.15) is 0 Å². The highest BCUT2D eigenvalue weighted by atomic mass is 15.2. The number of rotatable bonds is 5. The number of pyridine rings is 1. The number of hydrogen-bond acceptors (Lipinski definition) is 2. The highest BCUT2D eigenvalue weighted by Gasteiger charge is 2.02. The molecule has 0 saturated heterocycles. The summed E-state index contributed by atoms with van der Waals surface area (Å²) < 4.78 is 0. The molecular weight excluding hydrogens is 284 g/mol. The van der Waals surface area contributed by atoms with Crippen molar-refractivity contribution in [3.8, 4) is 0 Å². The Balaban J connectivity index is 1.82. The van der Waals surface area contributed by atoms with Crippen molar-refractivity contribution in [2.75, 3.05) is 13.6 Å². The first-order valence-electron chi connectivity index (χ1n) is 8.00. The molecule has 0 aliphatic carbocycles. The Kier molecular flexibility index (Phi) is 6.15. The van der Waals surface area contributed by atoms with Crippen LogP contribution in [0.5, 0.6) is 0 Å². The van der Waals surface area contributed by atoms with Gasteiger partial charge in [0.05, 0.1) is 12.2 Å². The van der Waals surface area contributed by atoms with Crippen LogP contribution in [0.25, 0.3) is 0 Å². The smallest absolute Gasteiger partial charge is 0.191 e. The summed E-state index contributed by atoms with van der Waals surface area (Å²) in [6.07, 6.45) is 2.80. The first-order chi connectivity index (χ1) is 11.1. The fourth-order valence-electron chi connectivity index (χ4n) is 2.63. The molecule has 0 amide bonds. The summed E-state index contributed by atoms with van der Waals surface area (Å²) in [6.45, 7) is 7.87. The molecule has 0 atom stereocenters. The molecule has 1 heterocycles. The van der Waals surface area contributed by atoms with E-state index in [1.807, 2.05) is 12.3 Å². The molecule has 2 N–H and O–H groups in total. The predicted molar refractivity (Wildman–Crippen MR) is 96.8 cm³/mol. The third kappa shape index (κ3) is 5.40. The molecule has 0 saturated carbocycles. The molecule has 23 heavy (non-hydrogen) atoms. The van der Waals surface area contributed by atoms with Crippen LogP contribution in [-0.4, -0.2) is 24.5 Å². The number of hydrogen-bond donors (Lipinski definition) is 2. The number of aliphatic imine (C=N–C) groups is 1. The maximum absolute atomic E-state index is 4.39. The minimum absolute atomic E-state index is 0.676. The fraction of sp³-hybridized carbons (Fsp3) is 0.368. The van der Waals surface area contributed by atoms with E-state index in [2.05, 4.69) is 65.6 Å². The summed E-state index contributed by atoms with van der Waals surface area (Å²) in [7, 11) is 1.79. The molecule has 2 rings (SSSR count). The van der Waals surface area contributed by atoms with Gasteiger partial charge in [0.2, 0.25) is 0 Å². The van der Waals surface area contributed by atoms with Crippen LogP contribution >= 0.6 is 0 Å². The molecule has 0 aliphatic rings. The third-order valence-electron chi connectivity index (χ3n) is 3.75. The van der Waals surface area contributed by atoms with E-state index in [1.54, 1.807) is 7.05 Å². The second kappa shape index (κ2) is 8.32. The van der Waals surface area contributed by atoms with E-state index in [1.165, 1.54) is 22.3 Å². The lowest BCUT2D eigenvalue weighted by atomic mass is 10.1. The van der Waals surface area contributed by atoms with Gasteiger partial charge in [0, 0.05) is 19.8 Å². The highest BCUT2D eigenvalue weighted by Crippen LogP contribution is 2.09. The van der Waals surface area contributed by atoms with Crippen LogP contribution in [0.4, 0.5) is 0 Å². The van der Waals surface area contributed by atoms with Crippen LogP contribution in [0.15, 0.2) is 41.5 Å². The van der Waals surface area contributed by atoms with Gasteiger partial charge in [-0.15, -0.1) is 0 Å². The predicted octanol–water partition coefficient (Wildman–Crippen LogP) is 2.91. The number of nitrogens with one attached hydrogen (secondary N) is 2. The maximum atomic E-state index is 4.39. The van der Waals surface area contributed by atoms with Gasteiger partial charge in [-0.3, -0.25) is 9.98 Å². The molecule has 4 nitrogen and oxygen atoms in total. The summed E-state index contributed by atoms with van der Waals surface area (Å²) in [5.74, 6) is 0.805. The molecule has 0 fully saturated rings. The summed E-state index contributed by atoms with van der Waals surface area (Å²) in [6, 6.07) is 10.7. The van der Waals surface area contributed by atoms with Crippen LogP contribution in [0.1, 0.15) is 27.9 Å². The van der Waals surface area contributed by atoms with Crippen molar-refractivity contribution >= 4 is 5.96 Å². The van der Waals surface area contributed by atoms with Gasteiger partial charge in [-0.1, -0.05) is 35.4 Å². The van der Waals surface area contributed by atoms with Crippen molar-refractivity contribution in [2.24, 2.45) is 4.99 Å². The van der Waals surface area contributed by atoms with E-state index in [-0.39, 0.29) is 0 Å². The largest absolute Gasteiger partial charge is 0.356 e. The SMILES string of the molecule is CN=C(NCCc1cc(C)cc(C)c1)NCc1ncccc1C. The monoisotopic (exact) mass is 310 g/mol. The van der Waals surface area contributed by atoms with Crippen LogP contribution < -0.4 is 10.6 Å². The Morgan fingerprint density at radius 1 is 1.09 bits per heavy atom. The van der Waals surface area contributed by atoms with E-state index in [0.29, 0.717) is 6.54 Å². The Bertz CT molecular complexity index is 657. The average Bonchev–Trinajstić information content (AvgIpc) is 2.51. The average molecular weight is 310 g/mol. The van der Waals surface area contributed by atoms with Crippen LogP contribution in [0.3, 0.4) is 0 Å². The minimum atomic E-state index is 0.676. The molecule has 0 radical (unpaired) electrons. The van der Waals surface area contributed by atoms with Gasteiger partial charge in [0.25, 0.3) is 0 Å². The van der Waals surface area contributed by atoms with Gasteiger partial charge in [-0.2, -0.15) is 0 Å². The van der Waals surface area contributed by atoms with Crippen LogP contribution in [-0.2, 0) is 13.0 Å². The van der Waals surface area contributed by atoms with E-state index in [9.17, 15) is 0 Å². The number of aromatic nitrogens is 1. The zero-order chi connectivity index (χ0) is 16.7. The van der Waals surface area contributed by atoms with E-state index in [4.69, 9.17) is 0 Å². The molecule has 0 bridgehead atoms. The van der Waals surface area contributed by atoms with Crippen molar-refractivity contribution in [3.63, 3.8) is 0 Å². The number of aryl methyl sites for hydroxylation is 3. The maximum Gasteiger partial charge on any atom is 0.191 e. The van der Waals surface area contributed by atoms with Crippen molar-refractivity contribution in [2.45, 2.75) is 33.7 Å². The molecule has 0 spiro atoms. The summed E-state index contributed by atoms with van der Waals surface area (Å²) in [5.41, 5.74) is 6.21. The lowest BCUT2D eigenvalue weighted by Crippen LogP contribution is -2.38. The van der Waals surface area contributed by atoms with Crippen molar-refractivity contribution in [1.29, 1.82) is 0 Å². The Morgan fingerprint density at radius 3 is 2.48 bits per heavy atom. The number of benzene rings is 1. The van der Waals surface area contributed by atoms with Crippen molar-refractivity contribution in [1.82, 2.24) is 15.6 Å². The molecule has 0 aliphatic heterocycles. The van der Waals surface area contributed by atoms with Gasteiger partial charge in [-0.05, 0) is 44.4 Å². The normalized spacial score (nSPS) is 11.4. The zero-order valence-corrected chi connectivity index (χ0v) is 14.5. The summed E-state index contributed by atoms with van der Waals surface area (Å²) in [5, 5.41) is 6.67. The van der Waals surface area contributed by atoms with Gasteiger partial charge >= 0.3 is 0 Å². The molecule has 0 unspecified atom stereocenters. The fourth-order valence-corrected chi connectivity index (χ4v) is 2.63. The summed E-state index contributed by atoms with van der Waals surface area (Å²) in [4.78, 5) is 8.65. The molecule has 1 aromatic heterocycles. The van der Waals surface area contributed by atoms with Crippen LogP contribution in [0.2, 0.25) is 0 Å². The topological polar surface area (TPSA) is 49.3 Å². The zero-order valence-electron chi connectivity index (χ0n) is 14.5. The molecule has 2 aromatic rings. The van der Waals surface area contributed by atoms with Crippen molar-refractivity contribution in [3.05, 3.63) is 64.5 Å². The highest BCUT2D eigenvalue weighted by molar-refractivity contribution is 5.79. The van der Waals surface area contributed by atoms with Crippen LogP contribution in [0, 0.1) is 20.8 Å². The molecular formula is C19H26N4. The standard InChI is InChI=1S/C19H26N4/c1-14-10-15(2)12-17(11-14)7-9-22-19(20-4)23-13-18-16(3)6-5-8-21-18/h5-6,8,10-12H,7,9,13H2,1-4H3,(H2,20,22,23). The Labute approximate surface area is 139 Å². The Hall–Kier alpha value is -2.36. The second-order valence-corrected chi connectivity index (χ2v) is 5.87. The van der Waals surface area contributed by atoms with E-state index < -0.39 is 0 Å². The Morgan fingerprint density at radius 2 is 1.83 bits per heavy atom. The first kappa shape index (κ1) is 17.0. The lowest BCUT2D eigenvalue weighted by molar-refractivity contribution is 0.779. The lowest BCUT2D eigenvalue weighted by Gasteiger charge is -2.13. The molecule has 1 aromatic carbocycles. The van der Waals surface area contributed by atoms with Crippen molar-refractivity contribution < 1.29 is 0 Å². The molecule has 4 heteroatoms. The van der Waals surface area contributed by atoms with E-state index in [0.717, 1.165) is 24.6 Å². The minimum Gasteiger partial charge on any atom is -0.356 e.